The van der Waals surface area contributed by atoms with Crippen LogP contribution in [0.15, 0.2) is 54.6 Å². The molecule has 0 bridgehead atoms. The second kappa shape index (κ2) is 9.81. The molecule has 0 saturated carbocycles. The molecule has 2 atom stereocenters. The molecule has 0 aliphatic heterocycles. The van der Waals surface area contributed by atoms with Crippen LogP contribution in [0.4, 0.5) is 5.69 Å². The van der Waals surface area contributed by atoms with Crippen LogP contribution in [0.5, 0.6) is 5.75 Å². The number of anilines is 1. The van der Waals surface area contributed by atoms with Gasteiger partial charge in [0.25, 0.3) is 5.91 Å². The molecule has 2 aromatic rings. The SMILES string of the molecule is CCOc1ccccc1NC(=O)[C@@H]([NH2+][C@@H](C)COC)c1ccccc1. The number of ether oxygens (including phenoxy) is 2. The van der Waals surface area contributed by atoms with Gasteiger partial charge in [-0.2, -0.15) is 0 Å². The summed E-state index contributed by atoms with van der Waals surface area (Å²) in [6.45, 7) is 5.09. The zero-order valence-electron chi connectivity index (χ0n) is 15.1. The number of methoxy groups -OCH3 is 1. The average Bonchev–Trinajstić information content (AvgIpc) is 2.62. The number of benzene rings is 2. The highest BCUT2D eigenvalue weighted by Crippen LogP contribution is 2.24. The molecule has 0 unspecified atom stereocenters. The van der Waals surface area contributed by atoms with E-state index in [1.54, 1.807) is 7.11 Å². The van der Waals surface area contributed by atoms with E-state index in [2.05, 4.69) is 5.32 Å². The number of quaternary nitrogens is 1. The quantitative estimate of drug-likeness (QED) is 0.735. The number of carbonyl (C=O) groups is 1. The molecule has 5 heteroatoms. The molecule has 0 aliphatic carbocycles. The van der Waals surface area contributed by atoms with E-state index in [9.17, 15) is 4.79 Å². The van der Waals surface area contributed by atoms with E-state index in [1.807, 2.05) is 73.8 Å². The van der Waals surface area contributed by atoms with Gasteiger partial charge in [0.15, 0.2) is 6.04 Å². The van der Waals surface area contributed by atoms with Crippen LogP contribution in [0.3, 0.4) is 0 Å². The summed E-state index contributed by atoms with van der Waals surface area (Å²) in [5, 5.41) is 5.03. The molecule has 0 heterocycles. The minimum Gasteiger partial charge on any atom is -0.492 e. The van der Waals surface area contributed by atoms with Gasteiger partial charge in [-0.3, -0.25) is 4.79 Å². The van der Waals surface area contributed by atoms with Crippen LogP contribution < -0.4 is 15.4 Å². The second-order valence-corrected chi connectivity index (χ2v) is 5.93. The molecule has 0 aromatic heterocycles. The van der Waals surface area contributed by atoms with E-state index in [4.69, 9.17) is 9.47 Å². The number of hydrogen-bond acceptors (Lipinski definition) is 3. The predicted molar refractivity (Wildman–Crippen MR) is 98.7 cm³/mol. The Balaban J connectivity index is 2.20. The van der Waals surface area contributed by atoms with Gasteiger partial charge >= 0.3 is 0 Å². The first-order valence-corrected chi connectivity index (χ1v) is 8.57. The van der Waals surface area contributed by atoms with Crippen molar-refractivity contribution < 1.29 is 19.6 Å². The molecule has 2 rings (SSSR count). The molecule has 0 saturated heterocycles. The fraction of sp³-hybridized carbons (Fsp3) is 0.350. The summed E-state index contributed by atoms with van der Waals surface area (Å²) in [6.07, 6.45) is 0. The van der Waals surface area contributed by atoms with E-state index < -0.39 is 0 Å². The maximum atomic E-state index is 13.0. The van der Waals surface area contributed by atoms with Crippen LogP contribution in [0.25, 0.3) is 0 Å². The zero-order valence-corrected chi connectivity index (χ0v) is 15.1. The van der Waals surface area contributed by atoms with Crippen molar-refractivity contribution in [2.24, 2.45) is 0 Å². The molecule has 25 heavy (non-hydrogen) atoms. The van der Waals surface area contributed by atoms with Crippen LogP contribution >= 0.6 is 0 Å². The summed E-state index contributed by atoms with van der Waals surface area (Å²) >= 11 is 0. The Kier molecular flexibility index (Phi) is 7.44. The average molecular weight is 343 g/mol. The van der Waals surface area contributed by atoms with E-state index in [0.717, 1.165) is 5.56 Å². The van der Waals surface area contributed by atoms with Crippen molar-refractivity contribution in [3.63, 3.8) is 0 Å². The van der Waals surface area contributed by atoms with Gasteiger partial charge in [-0.25, -0.2) is 0 Å². The third kappa shape index (κ3) is 5.59. The van der Waals surface area contributed by atoms with Gasteiger partial charge in [-0.05, 0) is 26.0 Å². The highest BCUT2D eigenvalue weighted by molar-refractivity contribution is 5.95. The van der Waals surface area contributed by atoms with Crippen molar-refractivity contribution in [3.05, 3.63) is 60.2 Å². The Bertz CT molecular complexity index is 661. The summed E-state index contributed by atoms with van der Waals surface area (Å²) in [5.74, 6) is 0.594. The minimum absolute atomic E-state index is 0.0821. The molecule has 2 aromatic carbocycles. The molecule has 1 amide bonds. The van der Waals surface area contributed by atoms with Crippen molar-refractivity contribution >= 4 is 11.6 Å². The molecule has 0 fully saturated rings. The fourth-order valence-electron chi connectivity index (χ4n) is 2.72. The highest BCUT2D eigenvalue weighted by atomic mass is 16.5. The summed E-state index contributed by atoms with van der Waals surface area (Å²) in [5.41, 5.74) is 1.64. The summed E-state index contributed by atoms with van der Waals surface area (Å²) in [6, 6.07) is 17.0. The van der Waals surface area contributed by atoms with E-state index >= 15 is 0 Å². The highest BCUT2D eigenvalue weighted by Gasteiger charge is 2.27. The lowest BCUT2D eigenvalue weighted by molar-refractivity contribution is -0.713. The van der Waals surface area contributed by atoms with Gasteiger partial charge in [-0.1, -0.05) is 42.5 Å². The number of para-hydroxylation sites is 2. The van der Waals surface area contributed by atoms with E-state index in [-0.39, 0.29) is 18.0 Å². The zero-order chi connectivity index (χ0) is 18.1. The first kappa shape index (κ1) is 19.0. The van der Waals surface area contributed by atoms with E-state index in [1.165, 1.54) is 0 Å². The first-order valence-electron chi connectivity index (χ1n) is 8.57. The van der Waals surface area contributed by atoms with Crippen molar-refractivity contribution in [3.8, 4) is 5.75 Å². The minimum atomic E-state index is -0.360. The van der Waals surface area contributed by atoms with Crippen molar-refractivity contribution in [1.82, 2.24) is 0 Å². The number of carbonyl (C=O) groups excluding carboxylic acids is 1. The third-order valence-corrected chi connectivity index (χ3v) is 3.84. The Morgan fingerprint density at radius 3 is 2.48 bits per heavy atom. The normalized spacial score (nSPS) is 13.1. The number of nitrogens with one attached hydrogen (secondary N) is 1. The molecular formula is C20H27N2O3+. The number of nitrogens with two attached hydrogens (primary N) is 1. The largest absolute Gasteiger partial charge is 0.492 e. The van der Waals surface area contributed by atoms with Gasteiger partial charge in [0, 0.05) is 12.7 Å². The standard InChI is InChI=1S/C20H26N2O3/c1-4-25-18-13-9-8-12-17(18)22-20(23)19(21-15(2)14-24-3)16-10-6-5-7-11-16/h5-13,15,19,21H,4,14H2,1-3H3,(H,22,23)/p+1/t15-,19-/m0/s1. The number of hydrogen-bond donors (Lipinski definition) is 2. The summed E-state index contributed by atoms with van der Waals surface area (Å²) < 4.78 is 10.8. The van der Waals surface area contributed by atoms with Crippen molar-refractivity contribution in [2.75, 3.05) is 25.6 Å². The number of amides is 1. The van der Waals surface area contributed by atoms with E-state index in [0.29, 0.717) is 24.7 Å². The lowest BCUT2D eigenvalue weighted by Gasteiger charge is -2.20. The van der Waals surface area contributed by atoms with Crippen LogP contribution in [0.1, 0.15) is 25.5 Å². The Morgan fingerprint density at radius 2 is 1.80 bits per heavy atom. The Labute approximate surface area is 149 Å². The maximum Gasteiger partial charge on any atom is 0.287 e. The van der Waals surface area contributed by atoms with Crippen LogP contribution in [0, 0.1) is 0 Å². The maximum absolute atomic E-state index is 13.0. The smallest absolute Gasteiger partial charge is 0.287 e. The molecule has 134 valence electrons. The Morgan fingerprint density at radius 1 is 1.12 bits per heavy atom. The van der Waals surface area contributed by atoms with Crippen LogP contribution in [-0.4, -0.2) is 32.3 Å². The van der Waals surface area contributed by atoms with Crippen molar-refractivity contribution in [2.45, 2.75) is 25.9 Å². The van der Waals surface area contributed by atoms with Gasteiger partial charge < -0.3 is 20.1 Å². The van der Waals surface area contributed by atoms with Gasteiger partial charge in [0.2, 0.25) is 0 Å². The topological polar surface area (TPSA) is 64.2 Å². The molecule has 5 nitrogen and oxygen atoms in total. The lowest BCUT2D eigenvalue weighted by atomic mass is 10.0. The lowest BCUT2D eigenvalue weighted by Crippen LogP contribution is -2.92. The van der Waals surface area contributed by atoms with Gasteiger partial charge in [0.05, 0.1) is 18.9 Å². The van der Waals surface area contributed by atoms with Crippen LogP contribution in [0.2, 0.25) is 0 Å². The molecular weight excluding hydrogens is 316 g/mol. The monoisotopic (exact) mass is 343 g/mol. The Hall–Kier alpha value is -2.37. The molecule has 0 spiro atoms. The molecule has 0 aliphatic rings. The van der Waals surface area contributed by atoms with Crippen molar-refractivity contribution in [1.29, 1.82) is 0 Å². The summed E-state index contributed by atoms with van der Waals surface area (Å²) in [7, 11) is 1.67. The second-order valence-electron chi connectivity index (χ2n) is 5.93. The molecule has 3 N–H and O–H groups in total. The predicted octanol–water partition coefficient (Wildman–Crippen LogP) is 2.36. The van der Waals surface area contributed by atoms with Gasteiger partial charge in [0.1, 0.15) is 11.8 Å². The third-order valence-electron chi connectivity index (χ3n) is 3.84. The first-order chi connectivity index (χ1) is 12.2. The summed E-state index contributed by atoms with van der Waals surface area (Å²) in [4.78, 5) is 13.0. The molecule has 0 radical (unpaired) electrons. The van der Waals surface area contributed by atoms with Crippen LogP contribution in [-0.2, 0) is 9.53 Å². The fourth-order valence-corrected chi connectivity index (χ4v) is 2.72. The number of rotatable bonds is 9. The van der Waals surface area contributed by atoms with Gasteiger partial charge in [-0.15, -0.1) is 0 Å².